The van der Waals surface area contributed by atoms with Crippen LogP contribution in [0.3, 0.4) is 0 Å². The second-order valence-corrected chi connectivity index (χ2v) is 11.1. The number of aliphatic carboxylic acids is 2. The zero-order valence-electron chi connectivity index (χ0n) is 25.0. The Hall–Kier alpha value is -4.76. The van der Waals surface area contributed by atoms with Gasteiger partial charge in [0.05, 0.1) is 12.2 Å². The highest BCUT2D eigenvalue weighted by molar-refractivity contribution is 7.14. The smallest absolute Gasteiger partial charge is 0.480 e. The molecule has 15 heteroatoms. The van der Waals surface area contributed by atoms with Crippen molar-refractivity contribution in [2.75, 3.05) is 18.1 Å². The monoisotopic (exact) mass is 665 g/mol. The molecular weight excluding hydrogens is 631 g/mol. The molecule has 0 aliphatic heterocycles. The summed E-state index contributed by atoms with van der Waals surface area (Å²) in [7, 11) is 0. The first-order valence-electron chi connectivity index (χ1n) is 13.9. The minimum Gasteiger partial charge on any atom is -0.480 e. The van der Waals surface area contributed by atoms with Crippen LogP contribution in [0.25, 0.3) is 0 Å². The van der Waals surface area contributed by atoms with Crippen LogP contribution in [0.15, 0.2) is 54.6 Å². The van der Waals surface area contributed by atoms with Gasteiger partial charge in [-0.25, -0.2) is 9.59 Å². The number of rotatable bonds is 8. The first-order valence-corrected chi connectivity index (χ1v) is 14.7. The highest BCUT2D eigenvalue weighted by atomic mass is 32.1. The van der Waals surface area contributed by atoms with Gasteiger partial charge in [-0.15, -0.1) is 11.3 Å². The van der Waals surface area contributed by atoms with Gasteiger partial charge < -0.3 is 26.4 Å². The van der Waals surface area contributed by atoms with Gasteiger partial charge in [0, 0.05) is 22.7 Å². The van der Waals surface area contributed by atoms with Gasteiger partial charge in [0.25, 0.3) is 11.8 Å². The molecule has 46 heavy (non-hydrogen) atoms. The van der Waals surface area contributed by atoms with Crippen molar-refractivity contribution in [2.45, 2.75) is 45.8 Å². The summed E-state index contributed by atoms with van der Waals surface area (Å²) in [4.78, 5) is 58.6. The van der Waals surface area contributed by atoms with Crippen LogP contribution < -0.4 is 16.4 Å². The fourth-order valence-electron chi connectivity index (χ4n) is 4.35. The predicted octanol–water partition coefficient (Wildman–Crippen LogP) is 4.66. The lowest BCUT2D eigenvalue weighted by Crippen LogP contribution is -2.35. The Balaban J connectivity index is 0.000000268. The van der Waals surface area contributed by atoms with E-state index in [0.717, 1.165) is 35.3 Å². The second kappa shape index (κ2) is 17.1. The van der Waals surface area contributed by atoms with Gasteiger partial charge >= 0.3 is 24.1 Å². The molecule has 0 saturated carbocycles. The third-order valence-corrected chi connectivity index (χ3v) is 7.74. The van der Waals surface area contributed by atoms with E-state index in [2.05, 4.69) is 6.92 Å². The molecule has 11 nitrogen and oxygen atoms in total. The molecule has 0 radical (unpaired) electrons. The summed E-state index contributed by atoms with van der Waals surface area (Å²) in [5, 5.41) is 16.2. The van der Waals surface area contributed by atoms with E-state index in [1.807, 2.05) is 12.1 Å². The summed E-state index contributed by atoms with van der Waals surface area (Å²) in [6.45, 7) is 4.17. The molecule has 1 aromatic heterocycles. The first-order chi connectivity index (χ1) is 21.6. The molecule has 6 N–H and O–H groups in total. The number of carboxylic acid groups (broad SMARTS) is 2. The summed E-state index contributed by atoms with van der Waals surface area (Å²) in [6, 6.07) is 15.6. The van der Waals surface area contributed by atoms with E-state index in [9.17, 15) is 32.3 Å². The van der Waals surface area contributed by atoms with Gasteiger partial charge in [-0.1, -0.05) is 37.3 Å². The van der Waals surface area contributed by atoms with E-state index in [0.29, 0.717) is 40.8 Å². The van der Waals surface area contributed by atoms with E-state index in [-0.39, 0.29) is 5.91 Å². The van der Waals surface area contributed by atoms with E-state index in [1.165, 1.54) is 16.2 Å². The molecule has 0 fully saturated rings. The van der Waals surface area contributed by atoms with Crippen LogP contribution in [0.1, 0.15) is 66.7 Å². The van der Waals surface area contributed by atoms with Crippen LogP contribution in [0, 0.1) is 5.92 Å². The molecule has 1 heterocycles. The van der Waals surface area contributed by atoms with Crippen LogP contribution >= 0.6 is 11.3 Å². The SMILES string of the molecule is CCOC(=O)c1c(C(N)=O)sc2c1CCC(C)C2.NCc1cccc(C(=O)N(CC(=O)O)c2ccccc2)c1.O=C(O)C(F)(F)F. The lowest BCUT2D eigenvalue weighted by Gasteiger charge is -2.21. The molecule has 1 aliphatic carbocycles. The van der Waals surface area contributed by atoms with E-state index in [4.69, 9.17) is 31.2 Å². The van der Waals surface area contributed by atoms with Gasteiger partial charge in [0.15, 0.2) is 0 Å². The van der Waals surface area contributed by atoms with Gasteiger partial charge in [-0.2, -0.15) is 13.2 Å². The standard InChI is InChI=1S/C16H16N2O3.C13H17NO3S.C2HF3O2/c17-10-12-5-4-6-13(9-12)16(21)18(11-15(19)20)14-7-2-1-3-8-14;1-3-17-13(16)10-8-5-4-7(2)6-9(8)18-11(10)12(14)15;3-2(4,5)1(6)7/h1-9H,10-11,17H2,(H,19,20);7H,3-6H2,1-2H3,(H2,14,15);(H,6,7). The Morgan fingerprint density at radius 2 is 1.67 bits per heavy atom. The maximum absolute atomic E-state index is 12.6. The number of carbonyl (C=O) groups excluding carboxylic acids is 3. The van der Waals surface area contributed by atoms with Crippen molar-refractivity contribution in [3.8, 4) is 0 Å². The Bertz CT molecular complexity index is 1540. The molecular formula is C31H34F3N3O8S. The zero-order chi connectivity index (χ0) is 34.6. The molecule has 0 saturated heterocycles. The Labute approximate surface area is 266 Å². The molecule has 2 aromatic carbocycles. The van der Waals surface area contributed by atoms with E-state index >= 15 is 0 Å². The van der Waals surface area contributed by atoms with Gasteiger partial charge in [-0.3, -0.25) is 19.3 Å². The number of esters is 1. The molecule has 3 aromatic rings. The summed E-state index contributed by atoms with van der Waals surface area (Å²) >= 11 is 1.35. The van der Waals surface area contributed by atoms with Crippen molar-refractivity contribution < 1.29 is 52.1 Å². The number of hydrogen-bond acceptors (Lipinski definition) is 8. The summed E-state index contributed by atoms with van der Waals surface area (Å²) in [5.74, 6) is -4.55. The Morgan fingerprint density at radius 1 is 1.04 bits per heavy atom. The second-order valence-electron chi connectivity index (χ2n) is 9.97. The Kier molecular flexibility index (Phi) is 13.9. The number of nitrogens with zero attached hydrogens (tertiary/aromatic N) is 1. The third-order valence-electron chi connectivity index (χ3n) is 6.47. The quantitative estimate of drug-likeness (QED) is 0.248. The van der Waals surface area contributed by atoms with Gasteiger partial charge in [-0.05, 0) is 67.5 Å². The number of alkyl halides is 3. The molecule has 0 spiro atoms. The van der Waals surface area contributed by atoms with Crippen LogP contribution in [0.4, 0.5) is 18.9 Å². The van der Waals surface area contributed by atoms with Crippen molar-refractivity contribution in [1.82, 2.24) is 0 Å². The van der Waals surface area contributed by atoms with Crippen LogP contribution in [-0.4, -0.2) is 59.3 Å². The average Bonchev–Trinajstić information content (AvgIpc) is 3.39. The van der Waals surface area contributed by atoms with Crippen molar-refractivity contribution in [2.24, 2.45) is 17.4 Å². The predicted molar refractivity (Wildman–Crippen MR) is 164 cm³/mol. The fraction of sp³-hybridized carbons (Fsp3) is 0.323. The number of fused-ring (bicyclic) bond motifs is 1. The molecule has 248 valence electrons. The lowest BCUT2D eigenvalue weighted by molar-refractivity contribution is -0.192. The zero-order valence-corrected chi connectivity index (χ0v) is 25.8. The topological polar surface area (TPSA) is 190 Å². The van der Waals surface area contributed by atoms with E-state index in [1.54, 1.807) is 49.4 Å². The van der Waals surface area contributed by atoms with Gasteiger partial charge in [0.1, 0.15) is 11.4 Å². The molecule has 0 bridgehead atoms. The number of thiophene rings is 1. The van der Waals surface area contributed by atoms with Crippen LogP contribution in [-0.2, 0) is 33.7 Å². The number of nitrogens with two attached hydrogens (primary N) is 2. The average molecular weight is 666 g/mol. The number of hydrogen-bond donors (Lipinski definition) is 4. The highest BCUT2D eigenvalue weighted by Crippen LogP contribution is 2.36. The van der Waals surface area contributed by atoms with Crippen molar-refractivity contribution >= 4 is 46.7 Å². The Morgan fingerprint density at radius 3 is 2.20 bits per heavy atom. The largest absolute Gasteiger partial charge is 0.490 e. The van der Waals surface area contributed by atoms with Crippen LogP contribution in [0.2, 0.25) is 0 Å². The highest BCUT2D eigenvalue weighted by Gasteiger charge is 2.38. The number of anilines is 1. The van der Waals surface area contributed by atoms with E-state index < -0.39 is 36.5 Å². The fourth-order valence-corrected chi connectivity index (χ4v) is 5.71. The van der Waals surface area contributed by atoms with Crippen molar-refractivity contribution in [1.29, 1.82) is 0 Å². The number of carbonyl (C=O) groups is 5. The lowest BCUT2D eigenvalue weighted by atomic mass is 9.88. The number of primary amides is 1. The van der Waals surface area contributed by atoms with Crippen LogP contribution in [0.5, 0.6) is 0 Å². The van der Waals surface area contributed by atoms with Crippen molar-refractivity contribution in [3.63, 3.8) is 0 Å². The summed E-state index contributed by atoms with van der Waals surface area (Å²) in [6.07, 6.45) is -2.30. The van der Waals surface area contributed by atoms with Gasteiger partial charge in [0.2, 0.25) is 0 Å². The van der Waals surface area contributed by atoms with Crippen molar-refractivity contribution in [3.05, 3.63) is 86.6 Å². The molecule has 1 unspecified atom stereocenters. The normalized spacial score (nSPS) is 13.5. The summed E-state index contributed by atoms with van der Waals surface area (Å²) in [5.41, 5.74) is 14.1. The maximum atomic E-state index is 12.6. The molecule has 1 atom stereocenters. The molecule has 1 aliphatic rings. The number of para-hydroxylation sites is 1. The third kappa shape index (κ3) is 10.7. The minimum atomic E-state index is -5.08. The summed E-state index contributed by atoms with van der Waals surface area (Å²) < 4.78 is 36.8. The number of ether oxygens (including phenoxy) is 1. The number of halogens is 3. The minimum absolute atomic E-state index is 0.304. The molecule has 4 rings (SSSR count). The number of carboxylic acids is 2. The number of amides is 2. The molecule has 2 amide bonds. The first kappa shape index (κ1) is 37.4. The number of benzene rings is 2. The maximum Gasteiger partial charge on any atom is 0.490 e.